The van der Waals surface area contributed by atoms with Gasteiger partial charge in [0.2, 0.25) is 0 Å². The Bertz CT molecular complexity index is 374. The molecule has 1 saturated carbocycles. The van der Waals surface area contributed by atoms with Gasteiger partial charge in [0.1, 0.15) is 6.61 Å². The Morgan fingerprint density at radius 2 is 2.06 bits per heavy atom. The first kappa shape index (κ1) is 11.9. The summed E-state index contributed by atoms with van der Waals surface area (Å²) in [6, 6.07) is 9.62. The van der Waals surface area contributed by atoms with Crippen LogP contribution in [0.15, 0.2) is 30.3 Å². The van der Waals surface area contributed by atoms with Gasteiger partial charge in [0, 0.05) is 7.11 Å². The molecule has 0 aliphatic heterocycles. The Kier molecular flexibility index (Phi) is 3.64. The molecule has 0 bridgehead atoms. The molecule has 0 saturated heterocycles. The molecule has 1 N–H and O–H groups in total. The molecule has 0 radical (unpaired) electrons. The van der Waals surface area contributed by atoms with Crippen molar-refractivity contribution >= 4 is 6.09 Å². The van der Waals surface area contributed by atoms with E-state index in [9.17, 15) is 4.79 Å². The Balaban J connectivity index is 1.75. The lowest BCUT2D eigenvalue weighted by Crippen LogP contribution is -2.40. The number of rotatable bonds is 5. The van der Waals surface area contributed by atoms with Crippen LogP contribution in [0, 0.1) is 0 Å². The van der Waals surface area contributed by atoms with Gasteiger partial charge in [-0.15, -0.1) is 0 Å². The van der Waals surface area contributed by atoms with Crippen molar-refractivity contribution in [2.45, 2.75) is 25.0 Å². The first-order valence-corrected chi connectivity index (χ1v) is 5.72. The van der Waals surface area contributed by atoms with Crippen molar-refractivity contribution in [3.05, 3.63) is 35.9 Å². The lowest BCUT2D eigenvalue weighted by atomic mass is 10.2. The second-order valence-electron chi connectivity index (χ2n) is 4.40. The fourth-order valence-electron chi connectivity index (χ4n) is 1.71. The summed E-state index contributed by atoms with van der Waals surface area (Å²) in [5.74, 6) is 0. The highest BCUT2D eigenvalue weighted by Crippen LogP contribution is 2.35. The largest absolute Gasteiger partial charge is 0.445 e. The van der Waals surface area contributed by atoms with Gasteiger partial charge in [0.15, 0.2) is 0 Å². The average molecular weight is 235 g/mol. The molecule has 4 nitrogen and oxygen atoms in total. The van der Waals surface area contributed by atoms with Gasteiger partial charge < -0.3 is 14.8 Å². The molecule has 2 rings (SSSR count). The van der Waals surface area contributed by atoms with Crippen LogP contribution < -0.4 is 5.32 Å². The number of carbonyl (C=O) groups is 1. The van der Waals surface area contributed by atoms with Crippen molar-refractivity contribution in [3.63, 3.8) is 0 Å². The van der Waals surface area contributed by atoms with Crippen molar-refractivity contribution in [3.8, 4) is 0 Å². The molecule has 0 unspecified atom stereocenters. The van der Waals surface area contributed by atoms with Crippen LogP contribution in [-0.4, -0.2) is 25.3 Å². The van der Waals surface area contributed by atoms with Crippen molar-refractivity contribution in [2.24, 2.45) is 0 Å². The summed E-state index contributed by atoms with van der Waals surface area (Å²) < 4.78 is 10.2. The van der Waals surface area contributed by atoms with Gasteiger partial charge in [0.05, 0.1) is 12.1 Å². The molecule has 1 fully saturated rings. The van der Waals surface area contributed by atoms with E-state index in [0.29, 0.717) is 13.2 Å². The molecule has 1 aliphatic carbocycles. The minimum atomic E-state index is -0.372. The molecule has 0 spiro atoms. The number of amides is 1. The minimum absolute atomic E-state index is 0.178. The molecule has 17 heavy (non-hydrogen) atoms. The van der Waals surface area contributed by atoms with E-state index < -0.39 is 0 Å². The molecule has 1 aliphatic rings. The highest BCUT2D eigenvalue weighted by molar-refractivity contribution is 5.69. The van der Waals surface area contributed by atoms with E-state index in [2.05, 4.69) is 5.32 Å². The van der Waals surface area contributed by atoms with Crippen LogP contribution in [0.2, 0.25) is 0 Å². The van der Waals surface area contributed by atoms with Gasteiger partial charge in [-0.2, -0.15) is 0 Å². The van der Waals surface area contributed by atoms with Gasteiger partial charge in [-0.1, -0.05) is 30.3 Å². The average Bonchev–Trinajstić information content (AvgIpc) is 3.08. The molecule has 1 aromatic rings. The second-order valence-corrected chi connectivity index (χ2v) is 4.40. The van der Waals surface area contributed by atoms with Crippen molar-refractivity contribution < 1.29 is 14.3 Å². The monoisotopic (exact) mass is 235 g/mol. The van der Waals surface area contributed by atoms with Crippen LogP contribution in [0.5, 0.6) is 0 Å². The summed E-state index contributed by atoms with van der Waals surface area (Å²) in [5, 5.41) is 2.85. The van der Waals surface area contributed by atoms with Gasteiger partial charge in [0.25, 0.3) is 0 Å². The Morgan fingerprint density at radius 3 is 2.65 bits per heavy atom. The Hall–Kier alpha value is -1.55. The van der Waals surface area contributed by atoms with E-state index in [1.54, 1.807) is 7.11 Å². The normalized spacial score (nSPS) is 16.3. The number of hydrogen-bond acceptors (Lipinski definition) is 3. The van der Waals surface area contributed by atoms with Crippen molar-refractivity contribution in [1.29, 1.82) is 0 Å². The zero-order chi connectivity index (χ0) is 12.1. The van der Waals surface area contributed by atoms with E-state index in [1.165, 1.54) is 0 Å². The molecule has 4 heteroatoms. The SMILES string of the molecule is COCC1(NC(=O)OCc2ccccc2)CC1. The van der Waals surface area contributed by atoms with Gasteiger partial charge >= 0.3 is 6.09 Å². The van der Waals surface area contributed by atoms with E-state index in [1.807, 2.05) is 30.3 Å². The quantitative estimate of drug-likeness (QED) is 0.850. The summed E-state index contributed by atoms with van der Waals surface area (Å²) in [7, 11) is 1.64. The molecular weight excluding hydrogens is 218 g/mol. The molecule has 92 valence electrons. The Morgan fingerprint density at radius 1 is 1.35 bits per heavy atom. The summed E-state index contributed by atoms with van der Waals surface area (Å²) >= 11 is 0. The lowest BCUT2D eigenvalue weighted by Gasteiger charge is -2.16. The minimum Gasteiger partial charge on any atom is -0.445 e. The van der Waals surface area contributed by atoms with Crippen LogP contribution in [0.1, 0.15) is 18.4 Å². The van der Waals surface area contributed by atoms with Crippen molar-refractivity contribution in [1.82, 2.24) is 5.32 Å². The summed E-state index contributed by atoms with van der Waals surface area (Å²) in [6.45, 7) is 0.850. The highest BCUT2D eigenvalue weighted by Gasteiger charge is 2.44. The van der Waals surface area contributed by atoms with Crippen LogP contribution >= 0.6 is 0 Å². The predicted molar refractivity (Wildman–Crippen MR) is 63.6 cm³/mol. The number of ether oxygens (including phenoxy) is 2. The maximum Gasteiger partial charge on any atom is 0.407 e. The second kappa shape index (κ2) is 5.19. The number of methoxy groups -OCH3 is 1. The summed E-state index contributed by atoms with van der Waals surface area (Å²) in [4.78, 5) is 11.6. The van der Waals surface area contributed by atoms with Crippen LogP contribution in [0.4, 0.5) is 4.79 Å². The van der Waals surface area contributed by atoms with Crippen LogP contribution in [0.3, 0.4) is 0 Å². The smallest absolute Gasteiger partial charge is 0.407 e. The third-order valence-corrected chi connectivity index (χ3v) is 2.85. The first-order valence-electron chi connectivity index (χ1n) is 5.72. The fraction of sp³-hybridized carbons (Fsp3) is 0.462. The van der Waals surface area contributed by atoms with Crippen LogP contribution in [0.25, 0.3) is 0 Å². The van der Waals surface area contributed by atoms with E-state index in [0.717, 1.165) is 18.4 Å². The van der Waals surface area contributed by atoms with Gasteiger partial charge in [-0.3, -0.25) is 0 Å². The molecule has 0 heterocycles. The topological polar surface area (TPSA) is 47.6 Å². The summed E-state index contributed by atoms with van der Waals surface area (Å²) in [6.07, 6.45) is 1.55. The van der Waals surface area contributed by atoms with Crippen LogP contribution in [-0.2, 0) is 16.1 Å². The Labute approximate surface area is 101 Å². The van der Waals surface area contributed by atoms with Gasteiger partial charge in [-0.25, -0.2) is 4.79 Å². The first-order chi connectivity index (χ1) is 8.24. The molecular formula is C13H17NO3. The standard InChI is InChI=1S/C13H17NO3/c1-16-10-13(7-8-13)14-12(15)17-9-11-5-3-2-4-6-11/h2-6H,7-10H2,1H3,(H,14,15). The third-order valence-electron chi connectivity index (χ3n) is 2.85. The van der Waals surface area contributed by atoms with E-state index >= 15 is 0 Å². The van der Waals surface area contributed by atoms with Gasteiger partial charge in [-0.05, 0) is 18.4 Å². The number of alkyl carbamates (subject to hydrolysis) is 1. The van der Waals surface area contributed by atoms with Crippen molar-refractivity contribution in [2.75, 3.05) is 13.7 Å². The molecule has 1 amide bonds. The number of hydrogen-bond donors (Lipinski definition) is 1. The zero-order valence-electron chi connectivity index (χ0n) is 9.94. The fourth-order valence-corrected chi connectivity index (χ4v) is 1.71. The zero-order valence-corrected chi connectivity index (χ0v) is 9.94. The predicted octanol–water partition coefficient (Wildman–Crippen LogP) is 2.09. The molecule has 0 aromatic heterocycles. The van der Waals surface area contributed by atoms with E-state index in [4.69, 9.17) is 9.47 Å². The number of nitrogens with one attached hydrogen (secondary N) is 1. The third kappa shape index (κ3) is 3.46. The lowest BCUT2D eigenvalue weighted by molar-refractivity contribution is 0.116. The molecule has 1 aromatic carbocycles. The molecule has 0 atom stereocenters. The maximum absolute atomic E-state index is 11.6. The maximum atomic E-state index is 11.6. The van der Waals surface area contributed by atoms with E-state index in [-0.39, 0.29) is 11.6 Å². The number of benzene rings is 1. The summed E-state index contributed by atoms with van der Waals surface area (Å²) in [5.41, 5.74) is 0.807. The number of carbonyl (C=O) groups excluding carboxylic acids is 1. The highest BCUT2D eigenvalue weighted by atomic mass is 16.5.